The zero-order valence-electron chi connectivity index (χ0n) is 12.9. The largest absolute Gasteiger partial charge is 0.461 e. The predicted molar refractivity (Wildman–Crippen MR) is 86.6 cm³/mol. The number of nitrogens with one attached hydrogen (secondary N) is 1. The van der Waals surface area contributed by atoms with Gasteiger partial charge >= 0.3 is 0 Å². The molecule has 0 spiro atoms. The van der Waals surface area contributed by atoms with E-state index in [4.69, 9.17) is 4.42 Å². The van der Waals surface area contributed by atoms with Crippen molar-refractivity contribution >= 4 is 23.5 Å². The van der Waals surface area contributed by atoms with Crippen molar-refractivity contribution in [2.75, 3.05) is 5.32 Å². The summed E-state index contributed by atoms with van der Waals surface area (Å²) in [6.45, 7) is 5.58. The number of amides is 1. The van der Waals surface area contributed by atoms with E-state index in [9.17, 15) is 9.59 Å². The molecule has 1 heterocycles. The molecule has 114 valence electrons. The van der Waals surface area contributed by atoms with E-state index < -0.39 is 5.41 Å². The molecule has 0 saturated heterocycles. The van der Waals surface area contributed by atoms with Gasteiger partial charge in [-0.1, -0.05) is 39.0 Å². The Balaban J connectivity index is 2.00. The fourth-order valence-corrected chi connectivity index (χ4v) is 1.67. The monoisotopic (exact) mass is 297 g/mol. The minimum atomic E-state index is -0.436. The van der Waals surface area contributed by atoms with Crippen molar-refractivity contribution in [3.8, 4) is 0 Å². The number of anilines is 1. The van der Waals surface area contributed by atoms with E-state index in [1.54, 1.807) is 30.3 Å². The zero-order valence-corrected chi connectivity index (χ0v) is 12.9. The molecule has 0 bridgehead atoms. The first-order valence-electron chi connectivity index (χ1n) is 7.04. The molecular formula is C18H19NO3. The molecule has 2 aromatic rings. The van der Waals surface area contributed by atoms with Crippen LogP contribution in [0.3, 0.4) is 0 Å². The first-order valence-corrected chi connectivity index (χ1v) is 7.04. The number of furan rings is 1. The predicted octanol–water partition coefficient (Wildman–Crippen LogP) is 4.16. The van der Waals surface area contributed by atoms with Gasteiger partial charge in [-0.05, 0) is 35.9 Å². The van der Waals surface area contributed by atoms with E-state index in [0.717, 1.165) is 11.3 Å². The molecule has 2 rings (SSSR count). The second-order valence-corrected chi connectivity index (χ2v) is 6.00. The van der Waals surface area contributed by atoms with Gasteiger partial charge < -0.3 is 9.73 Å². The topological polar surface area (TPSA) is 59.3 Å². The second kappa shape index (κ2) is 6.43. The van der Waals surface area contributed by atoms with Gasteiger partial charge in [-0.2, -0.15) is 0 Å². The van der Waals surface area contributed by atoms with Crippen molar-refractivity contribution < 1.29 is 14.0 Å². The van der Waals surface area contributed by atoms with Crippen molar-refractivity contribution in [2.24, 2.45) is 5.41 Å². The van der Waals surface area contributed by atoms with Crippen LogP contribution in [0.1, 0.15) is 36.9 Å². The minimum Gasteiger partial charge on any atom is -0.461 e. The van der Waals surface area contributed by atoms with Crippen LogP contribution in [0.5, 0.6) is 0 Å². The van der Waals surface area contributed by atoms with Gasteiger partial charge in [0.25, 0.3) is 0 Å². The molecule has 0 aliphatic carbocycles. The van der Waals surface area contributed by atoms with Crippen molar-refractivity contribution in [3.05, 3.63) is 60.1 Å². The summed E-state index contributed by atoms with van der Waals surface area (Å²) in [5.74, 6) is 0.0872. The van der Waals surface area contributed by atoms with E-state index in [1.165, 1.54) is 12.3 Å². The van der Waals surface area contributed by atoms with Crippen molar-refractivity contribution in [1.82, 2.24) is 0 Å². The van der Waals surface area contributed by atoms with Gasteiger partial charge in [-0.25, -0.2) is 0 Å². The zero-order chi connectivity index (χ0) is 16.2. The number of ketones is 1. The van der Waals surface area contributed by atoms with Crippen LogP contribution in [-0.4, -0.2) is 11.7 Å². The van der Waals surface area contributed by atoms with Crippen LogP contribution in [0.4, 0.5) is 5.69 Å². The SMILES string of the molecule is CC(C)(C)C(=O)Nc1ccc(C=CC(=O)c2ccco2)cc1. The number of carbonyl (C=O) groups is 2. The highest BCUT2D eigenvalue weighted by Crippen LogP contribution is 2.18. The maximum atomic E-state index is 11.9. The highest BCUT2D eigenvalue weighted by molar-refractivity contribution is 6.04. The molecule has 0 aliphatic heterocycles. The maximum Gasteiger partial charge on any atom is 0.229 e. The van der Waals surface area contributed by atoms with Gasteiger partial charge in [0.05, 0.1) is 6.26 Å². The van der Waals surface area contributed by atoms with Crippen LogP contribution in [0.25, 0.3) is 6.08 Å². The number of benzene rings is 1. The van der Waals surface area contributed by atoms with E-state index in [0.29, 0.717) is 5.76 Å². The number of carbonyl (C=O) groups excluding carboxylic acids is 2. The Bertz CT molecular complexity index is 674. The summed E-state index contributed by atoms with van der Waals surface area (Å²) in [5.41, 5.74) is 1.16. The van der Waals surface area contributed by atoms with Crippen LogP contribution in [0, 0.1) is 5.41 Å². The lowest BCUT2D eigenvalue weighted by Gasteiger charge is -2.17. The Kier molecular flexibility index (Phi) is 4.61. The molecule has 1 aromatic heterocycles. The quantitative estimate of drug-likeness (QED) is 0.681. The average Bonchev–Trinajstić information content (AvgIpc) is 2.99. The minimum absolute atomic E-state index is 0.0382. The molecule has 4 heteroatoms. The average molecular weight is 297 g/mol. The van der Waals surface area contributed by atoms with E-state index in [-0.39, 0.29) is 11.7 Å². The molecule has 22 heavy (non-hydrogen) atoms. The van der Waals surface area contributed by atoms with E-state index >= 15 is 0 Å². The molecular weight excluding hydrogens is 278 g/mol. The van der Waals surface area contributed by atoms with Crippen molar-refractivity contribution in [1.29, 1.82) is 0 Å². The lowest BCUT2D eigenvalue weighted by molar-refractivity contribution is -0.123. The van der Waals surface area contributed by atoms with Crippen LogP contribution in [-0.2, 0) is 4.79 Å². The van der Waals surface area contributed by atoms with Crippen LogP contribution >= 0.6 is 0 Å². The third-order valence-electron chi connectivity index (χ3n) is 3.04. The van der Waals surface area contributed by atoms with E-state index in [2.05, 4.69) is 5.32 Å². The third kappa shape index (κ3) is 4.19. The molecule has 0 unspecified atom stereocenters. The van der Waals surface area contributed by atoms with Crippen LogP contribution in [0.15, 0.2) is 53.2 Å². The van der Waals surface area contributed by atoms with Gasteiger partial charge in [-0.3, -0.25) is 9.59 Å². The Morgan fingerprint density at radius 1 is 1.09 bits per heavy atom. The first-order chi connectivity index (χ1) is 10.4. The molecule has 0 radical (unpaired) electrons. The smallest absolute Gasteiger partial charge is 0.229 e. The molecule has 4 nitrogen and oxygen atoms in total. The number of hydrogen-bond acceptors (Lipinski definition) is 3. The molecule has 1 amide bonds. The molecule has 0 atom stereocenters. The second-order valence-electron chi connectivity index (χ2n) is 6.00. The van der Waals surface area contributed by atoms with Gasteiger partial charge in [0.1, 0.15) is 0 Å². The summed E-state index contributed by atoms with van der Waals surface area (Å²) in [4.78, 5) is 23.6. The number of rotatable bonds is 4. The van der Waals surface area contributed by atoms with Gasteiger partial charge in [0.2, 0.25) is 11.7 Å². The molecule has 0 saturated carbocycles. The lowest BCUT2D eigenvalue weighted by atomic mass is 9.95. The Hall–Kier alpha value is -2.62. The summed E-state index contributed by atoms with van der Waals surface area (Å²) >= 11 is 0. The first kappa shape index (κ1) is 15.8. The Morgan fingerprint density at radius 3 is 2.32 bits per heavy atom. The van der Waals surface area contributed by atoms with Crippen LogP contribution < -0.4 is 5.32 Å². The summed E-state index contributed by atoms with van der Waals surface area (Å²) < 4.78 is 5.03. The summed E-state index contributed by atoms with van der Waals surface area (Å²) in [6.07, 6.45) is 4.63. The van der Waals surface area contributed by atoms with E-state index in [1.807, 2.05) is 32.9 Å². The van der Waals surface area contributed by atoms with Gasteiger partial charge in [-0.15, -0.1) is 0 Å². The van der Waals surface area contributed by atoms with Gasteiger partial charge in [0.15, 0.2) is 5.76 Å². The third-order valence-corrected chi connectivity index (χ3v) is 3.04. The van der Waals surface area contributed by atoms with Crippen LogP contribution in [0.2, 0.25) is 0 Å². The number of hydrogen-bond donors (Lipinski definition) is 1. The maximum absolute atomic E-state index is 11.9. The molecule has 0 fully saturated rings. The molecule has 1 aromatic carbocycles. The summed E-state index contributed by atoms with van der Waals surface area (Å²) in [6, 6.07) is 10.6. The van der Waals surface area contributed by atoms with Crippen molar-refractivity contribution in [2.45, 2.75) is 20.8 Å². The fourth-order valence-electron chi connectivity index (χ4n) is 1.67. The summed E-state index contributed by atoms with van der Waals surface area (Å²) in [5, 5.41) is 2.85. The Morgan fingerprint density at radius 2 is 1.77 bits per heavy atom. The highest BCUT2D eigenvalue weighted by Gasteiger charge is 2.20. The lowest BCUT2D eigenvalue weighted by Crippen LogP contribution is -2.27. The van der Waals surface area contributed by atoms with Gasteiger partial charge in [0, 0.05) is 11.1 Å². The normalized spacial score (nSPS) is 11.6. The highest BCUT2D eigenvalue weighted by atomic mass is 16.3. The number of allylic oxidation sites excluding steroid dienone is 1. The summed E-state index contributed by atoms with van der Waals surface area (Å²) in [7, 11) is 0. The molecule has 1 N–H and O–H groups in total. The Labute approximate surface area is 129 Å². The standard InChI is InChI=1S/C18H19NO3/c1-18(2,3)17(21)19-14-9-6-13(7-10-14)8-11-15(20)16-5-4-12-22-16/h4-12H,1-3H3,(H,19,21). The van der Waals surface area contributed by atoms with Crippen molar-refractivity contribution in [3.63, 3.8) is 0 Å². The fraction of sp³-hybridized carbons (Fsp3) is 0.222. The molecule has 0 aliphatic rings.